The van der Waals surface area contributed by atoms with Gasteiger partial charge in [0.05, 0.1) is 0 Å². The topological polar surface area (TPSA) is 125 Å². The lowest BCUT2D eigenvalue weighted by atomic mass is 10.0. The minimum absolute atomic E-state index is 0.136. The molecule has 1 atom stereocenters. The van der Waals surface area contributed by atoms with Gasteiger partial charge in [-0.05, 0) is 41.3 Å². The molecule has 4 rings (SSSR count). The van der Waals surface area contributed by atoms with E-state index in [1.807, 2.05) is 69.3 Å². The predicted octanol–water partition coefficient (Wildman–Crippen LogP) is 4.91. The van der Waals surface area contributed by atoms with Crippen molar-refractivity contribution in [3.8, 4) is 22.7 Å². The molecule has 9 nitrogen and oxygen atoms in total. The molecule has 0 radical (unpaired) electrons. The fourth-order valence-electron chi connectivity index (χ4n) is 4.19. The molecule has 2 heterocycles. The third kappa shape index (κ3) is 5.40. The minimum atomic E-state index is -0.985. The maximum Gasteiger partial charge on any atom is 0.326 e. The zero-order chi connectivity index (χ0) is 24.9. The SMILES string of the molecule is CCCCC(=O)N(Cc1ccc2oc(-c3ccc(-c4nn[nH]n4)cc3)cc2c1)C(C(=O)O)C(C)C. The van der Waals surface area contributed by atoms with Crippen LogP contribution in [-0.2, 0) is 16.1 Å². The van der Waals surface area contributed by atoms with Crippen LogP contribution in [0.4, 0.5) is 0 Å². The number of nitrogens with zero attached hydrogens (tertiary/aromatic N) is 4. The van der Waals surface area contributed by atoms with E-state index in [1.165, 1.54) is 4.90 Å². The molecule has 2 N–H and O–H groups in total. The first-order chi connectivity index (χ1) is 16.9. The quantitative estimate of drug-likeness (QED) is 0.334. The van der Waals surface area contributed by atoms with Crippen LogP contribution in [0.25, 0.3) is 33.7 Å². The number of carboxylic acid groups (broad SMARTS) is 1. The molecule has 35 heavy (non-hydrogen) atoms. The van der Waals surface area contributed by atoms with Gasteiger partial charge >= 0.3 is 5.97 Å². The first kappa shape index (κ1) is 24.1. The maximum atomic E-state index is 13.0. The van der Waals surface area contributed by atoms with Gasteiger partial charge in [0.2, 0.25) is 11.7 Å². The molecule has 0 saturated carbocycles. The summed E-state index contributed by atoms with van der Waals surface area (Å²) in [5, 5.41) is 24.7. The third-order valence-corrected chi connectivity index (χ3v) is 5.99. The number of furan rings is 1. The van der Waals surface area contributed by atoms with E-state index in [9.17, 15) is 14.7 Å². The highest BCUT2D eigenvalue weighted by atomic mass is 16.4. The number of aliphatic carboxylic acids is 1. The highest BCUT2D eigenvalue weighted by Crippen LogP contribution is 2.30. The summed E-state index contributed by atoms with van der Waals surface area (Å²) in [6.07, 6.45) is 1.94. The number of aromatic amines is 1. The van der Waals surface area contributed by atoms with E-state index in [4.69, 9.17) is 4.42 Å². The Labute approximate surface area is 203 Å². The van der Waals surface area contributed by atoms with Gasteiger partial charge in [-0.15, -0.1) is 10.2 Å². The summed E-state index contributed by atoms with van der Waals surface area (Å²) in [6.45, 7) is 5.90. The molecule has 4 aromatic rings. The number of carboxylic acids is 1. The van der Waals surface area contributed by atoms with Crippen molar-refractivity contribution >= 4 is 22.8 Å². The van der Waals surface area contributed by atoms with Crippen molar-refractivity contribution in [2.45, 2.75) is 52.6 Å². The van der Waals surface area contributed by atoms with Gasteiger partial charge in [0.15, 0.2) is 0 Å². The van der Waals surface area contributed by atoms with Gasteiger partial charge in [-0.3, -0.25) is 4.79 Å². The number of tetrazole rings is 1. The number of unbranched alkanes of at least 4 members (excludes halogenated alkanes) is 1. The minimum Gasteiger partial charge on any atom is -0.480 e. The van der Waals surface area contributed by atoms with Gasteiger partial charge in [-0.1, -0.05) is 57.5 Å². The Hall–Kier alpha value is -4.01. The molecule has 2 aromatic carbocycles. The highest BCUT2D eigenvalue weighted by Gasteiger charge is 2.32. The molecule has 1 amide bonds. The van der Waals surface area contributed by atoms with Crippen LogP contribution in [0.5, 0.6) is 0 Å². The van der Waals surface area contributed by atoms with Crippen molar-refractivity contribution in [2.24, 2.45) is 5.92 Å². The number of amides is 1. The molecule has 2 aromatic heterocycles. The van der Waals surface area contributed by atoms with Gasteiger partial charge in [-0.2, -0.15) is 5.21 Å². The smallest absolute Gasteiger partial charge is 0.326 e. The number of carbonyl (C=O) groups excluding carboxylic acids is 1. The number of hydrogen-bond donors (Lipinski definition) is 2. The zero-order valence-electron chi connectivity index (χ0n) is 20.1. The number of aromatic nitrogens is 4. The molecular formula is C26H29N5O4. The molecule has 0 bridgehead atoms. The summed E-state index contributed by atoms with van der Waals surface area (Å²) in [6, 6.07) is 14.4. The van der Waals surface area contributed by atoms with Crippen LogP contribution < -0.4 is 0 Å². The number of benzene rings is 2. The first-order valence-corrected chi connectivity index (χ1v) is 11.8. The van der Waals surface area contributed by atoms with Gasteiger partial charge < -0.3 is 14.4 Å². The zero-order valence-corrected chi connectivity index (χ0v) is 20.1. The highest BCUT2D eigenvalue weighted by molar-refractivity contribution is 5.85. The maximum absolute atomic E-state index is 13.0. The number of rotatable bonds is 10. The predicted molar refractivity (Wildman–Crippen MR) is 131 cm³/mol. The lowest BCUT2D eigenvalue weighted by Gasteiger charge is -2.31. The van der Waals surface area contributed by atoms with E-state index in [2.05, 4.69) is 20.6 Å². The number of carbonyl (C=O) groups is 2. The van der Waals surface area contributed by atoms with E-state index >= 15 is 0 Å². The van der Waals surface area contributed by atoms with Crippen molar-refractivity contribution < 1.29 is 19.1 Å². The molecule has 9 heteroatoms. The molecule has 0 saturated heterocycles. The molecule has 182 valence electrons. The fraction of sp³-hybridized carbons (Fsp3) is 0.346. The van der Waals surface area contributed by atoms with E-state index in [0.29, 0.717) is 23.6 Å². The van der Waals surface area contributed by atoms with E-state index < -0.39 is 12.0 Å². The van der Waals surface area contributed by atoms with E-state index in [1.54, 1.807) is 0 Å². The van der Waals surface area contributed by atoms with Crippen LogP contribution in [0.3, 0.4) is 0 Å². The van der Waals surface area contributed by atoms with Crippen molar-refractivity contribution in [2.75, 3.05) is 0 Å². The Morgan fingerprint density at radius 2 is 1.83 bits per heavy atom. The van der Waals surface area contributed by atoms with Crippen molar-refractivity contribution in [3.63, 3.8) is 0 Å². The Balaban J connectivity index is 1.59. The molecule has 0 aliphatic rings. The molecule has 0 spiro atoms. The average Bonchev–Trinajstić information content (AvgIpc) is 3.52. The van der Waals surface area contributed by atoms with Crippen LogP contribution in [-0.4, -0.2) is 48.5 Å². The van der Waals surface area contributed by atoms with Crippen molar-refractivity contribution in [1.29, 1.82) is 0 Å². The van der Waals surface area contributed by atoms with Crippen LogP contribution in [0, 0.1) is 5.92 Å². The Morgan fingerprint density at radius 1 is 1.09 bits per heavy atom. The fourth-order valence-corrected chi connectivity index (χ4v) is 4.19. The second kappa shape index (κ2) is 10.5. The molecule has 0 fully saturated rings. The number of hydrogen-bond acceptors (Lipinski definition) is 6. The summed E-state index contributed by atoms with van der Waals surface area (Å²) in [5.74, 6) is -0.107. The van der Waals surface area contributed by atoms with E-state index in [0.717, 1.165) is 34.9 Å². The lowest BCUT2D eigenvalue weighted by molar-refractivity contribution is -0.153. The first-order valence-electron chi connectivity index (χ1n) is 11.8. The summed E-state index contributed by atoms with van der Waals surface area (Å²) in [4.78, 5) is 26.5. The number of nitrogens with one attached hydrogen (secondary N) is 1. The summed E-state index contributed by atoms with van der Waals surface area (Å²) in [7, 11) is 0. The van der Waals surface area contributed by atoms with E-state index in [-0.39, 0.29) is 18.4 Å². The molecule has 0 aliphatic heterocycles. The lowest BCUT2D eigenvalue weighted by Crippen LogP contribution is -2.47. The van der Waals surface area contributed by atoms with Crippen LogP contribution in [0.2, 0.25) is 0 Å². The molecule has 0 aliphatic carbocycles. The van der Waals surface area contributed by atoms with Crippen molar-refractivity contribution in [1.82, 2.24) is 25.5 Å². The summed E-state index contributed by atoms with van der Waals surface area (Å²) in [5.41, 5.74) is 3.31. The Kier molecular flexibility index (Phi) is 7.24. The summed E-state index contributed by atoms with van der Waals surface area (Å²) < 4.78 is 6.04. The Morgan fingerprint density at radius 3 is 2.46 bits per heavy atom. The Bertz CT molecular complexity index is 1300. The summed E-state index contributed by atoms with van der Waals surface area (Å²) >= 11 is 0. The second-order valence-corrected chi connectivity index (χ2v) is 8.95. The average molecular weight is 476 g/mol. The van der Waals surface area contributed by atoms with Crippen LogP contribution in [0.1, 0.15) is 45.6 Å². The van der Waals surface area contributed by atoms with Crippen LogP contribution in [0.15, 0.2) is 52.9 Å². The normalized spacial score (nSPS) is 12.2. The monoisotopic (exact) mass is 475 g/mol. The molecular weight excluding hydrogens is 446 g/mol. The molecule has 1 unspecified atom stereocenters. The van der Waals surface area contributed by atoms with Gasteiger partial charge in [0, 0.05) is 29.5 Å². The standard InChI is InChI=1S/C26H29N5O4/c1-4-5-6-23(32)31(24(16(2)3)26(33)34)15-17-7-12-21-20(13-17)14-22(35-21)18-8-10-19(11-9-18)25-27-29-30-28-25/h7-14,16,24H,4-6,15H2,1-3H3,(H,33,34)(H,27,28,29,30). The van der Waals surface area contributed by atoms with Gasteiger partial charge in [-0.25, -0.2) is 4.79 Å². The van der Waals surface area contributed by atoms with Crippen LogP contribution >= 0.6 is 0 Å². The number of H-pyrrole nitrogens is 1. The third-order valence-electron chi connectivity index (χ3n) is 5.99. The van der Waals surface area contributed by atoms with Crippen molar-refractivity contribution in [3.05, 3.63) is 54.1 Å². The largest absolute Gasteiger partial charge is 0.480 e. The second-order valence-electron chi connectivity index (χ2n) is 8.95. The number of fused-ring (bicyclic) bond motifs is 1. The van der Waals surface area contributed by atoms with Gasteiger partial charge in [0.1, 0.15) is 17.4 Å². The van der Waals surface area contributed by atoms with Gasteiger partial charge in [0.25, 0.3) is 0 Å².